The highest BCUT2D eigenvalue weighted by atomic mass is 32.2. The Balaban J connectivity index is 1.19. The number of hydrogen-bond donors (Lipinski definition) is 1. The van der Waals surface area contributed by atoms with E-state index < -0.39 is 23.3 Å². The van der Waals surface area contributed by atoms with E-state index in [0.717, 1.165) is 5.52 Å². The molecule has 0 bridgehead atoms. The third-order valence-corrected chi connectivity index (χ3v) is 6.93. The molecule has 0 saturated carbocycles. The number of piperazine rings is 1. The zero-order valence-electron chi connectivity index (χ0n) is 18.9. The van der Waals surface area contributed by atoms with Crippen molar-refractivity contribution in [2.75, 3.05) is 38.5 Å². The summed E-state index contributed by atoms with van der Waals surface area (Å²) in [7, 11) is -1.18. The summed E-state index contributed by atoms with van der Waals surface area (Å²) in [6.07, 6.45) is -5.25. The van der Waals surface area contributed by atoms with Crippen LogP contribution in [0.3, 0.4) is 0 Å². The molecule has 0 spiro atoms. The van der Waals surface area contributed by atoms with Crippen molar-refractivity contribution in [1.82, 2.24) is 25.2 Å². The molecule has 35 heavy (non-hydrogen) atoms. The van der Waals surface area contributed by atoms with Crippen molar-refractivity contribution in [3.05, 3.63) is 47.5 Å². The molecule has 1 N–H and O–H groups in total. The number of alkyl halides is 3. The summed E-state index contributed by atoms with van der Waals surface area (Å²) in [6, 6.07) is 9.46. The number of hydrogen-bond acceptors (Lipinski definition) is 7. The average Bonchev–Trinajstić information content (AvgIpc) is 3.30. The number of carbonyl (C=O) groups is 1. The lowest BCUT2D eigenvalue weighted by molar-refractivity contribution is -0.274. The molecule has 1 aromatic heterocycles. The van der Waals surface area contributed by atoms with Crippen LogP contribution in [-0.4, -0.2) is 80.4 Å². The van der Waals surface area contributed by atoms with Crippen LogP contribution < -0.4 is 4.74 Å². The maximum Gasteiger partial charge on any atom is 0.573 e. The van der Waals surface area contributed by atoms with E-state index in [4.69, 9.17) is 4.74 Å². The normalized spacial score (nSPS) is 15.8. The van der Waals surface area contributed by atoms with Gasteiger partial charge in [0.05, 0.1) is 10.8 Å². The molecule has 1 unspecified atom stereocenters. The van der Waals surface area contributed by atoms with Gasteiger partial charge in [-0.05, 0) is 48.4 Å². The summed E-state index contributed by atoms with van der Waals surface area (Å²) in [6.45, 7) is 4.24. The first-order valence-corrected chi connectivity index (χ1v) is 12.2. The smallest absolute Gasteiger partial charge is 0.445 e. The number of nitrogens with one attached hydrogen (secondary N) is 1. The highest BCUT2D eigenvalue weighted by molar-refractivity contribution is 7.85. The van der Waals surface area contributed by atoms with Crippen LogP contribution in [0.2, 0.25) is 0 Å². The number of carbonyl (C=O) groups excluding carboxylic acids is 1. The minimum atomic E-state index is -4.76. The molecule has 9 nitrogen and oxygen atoms in total. The van der Waals surface area contributed by atoms with Crippen molar-refractivity contribution in [1.29, 1.82) is 0 Å². The van der Waals surface area contributed by atoms with Gasteiger partial charge in [0, 0.05) is 43.4 Å². The van der Waals surface area contributed by atoms with Crippen molar-refractivity contribution in [2.24, 2.45) is 0 Å². The van der Waals surface area contributed by atoms with Gasteiger partial charge in [-0.2, -0.15) is 15.4 Å². The van der Waals surface area contributed by atoms with Crippen LogP contribution in [0.15, 0.2) is 41.3 Å². The lowest BCUT2D eigenvalue weighted by Crippen LogP contribution is -2.49. The largest absolute Gasteiger partial charge is 0.573 e. The summed E-state index contributed by atoms with van der Waals surface area (Å²) in [5, 5.41) is 10.5. The second-order valence-corrected chi connectivity index (χ2v) is 9.63. The van der Waals surface area contributed by atoms with Gasteiger partial charge in [0.1, 0.15) is 23.4 Å². The van der Waals surface area contributed by atoms with Gasteiger partial charge >= 0.3 is 12.5 Å². The van der Waals surface area contributed by atoms with E-state index in [1.54, 1.807) is 23.1 Å². The van der Waals surface area contributed by atoms with Crippen molar-refractivity contribution in [3.63, 3.8) is 0 Å². The average molecular weight is 512 g/mol. The third-order valence-electron chi connectivity index (χ3n) is 5.60. The number of nitrogens with zero attached hydrogens (tertiary/aromatic N) is 4. The zero-order chi connectivity index (χ0) is 25.0. The Labute approximate surface area is 201 Å². The molecule has 1 aliphatic rings. The van der Waals surface area contributed by atoms with E-state index in [1.165, 1.54) is 25.1 Å². The topological polar surface area (TPSA) is 101 Å². The standard InChI is InChI=1S/C22H24F3N5O4S/c1-15-12-16(2-5-20(15)34-22(23,24)25)14-33-21(31)30-8-6-29(7-9-30)10-11-35(32)17-3-4-18-19(13-17)27-28-26-18/h2-5,12-13H,6-11,14H2,1H3,(H,26,27,28). The molecule has 188 valence electrons. The van der Waals surface area contributed by atoms with Crippen LogP contribution in [0.25, 0.3) is 11.0 Å². The van der Waals surface area contributed by atoms with Crippen molar-refractivity contribution in [2.45, 2.75) is 24.8 Å². The van der Waals surface area contributed by atoms with Crippen LogP contribution in [0.5, 0.6) is 5.75 Å². The molecule has 0 aliphatic carbocycles. The van der Waals surface area contributed by atoms with E-state index in [-0.39, 0.29) is 12.4 Å². The first-order chi connectivity index (χ1) is 16.7. The molecule has 2 heterocycles. The van der Waals surface area contributed by atoms with E-state index >= 15 is 0 Å². The fourth-order valence-corrected chi connectivity index (χ4v) is 4.85. The Morgan fingerprint density at radius 1 is 1.09 bits per heavy atom. The van der Waals surface area contributed by atoms with Crippen LogP contribution >= 0.6 is 0 Å². The number of aromatic nitrogens is 3. The summed E-state index contributed by atoms with van der Waals surface area (Å²) in [5.41, 5.74) is 2.25. The molecule has 1 saturated heterocycles. The van der Waals surface area contributed by atoms with Crippen LogP contribution in [-0.2, 0) is 22.1 Å². The van der Waals surface area contributed by atoms with Gasteiger partial charge in [-0.15, -0.1) is 13.2 Å². The predicted molar refractivity (Wildman–Crippen MR) is 121 cm³/mol. The Morgan fingerprint density at radius 3 is 2.54 bits per heavy atom. The molecule has 13 heteroatoms. The molecule has 3 aromatic rings. The molecular formula is C22H24F3N5O4S. The van der Waals surface area contributed by atoms with Gasteiger partial charge in [0.15, 0.2) is 0 Å². The highest BCUT2D eigenvalue weighted by Crippen LogP contribution is 2.27. The van der Waals surface area contributed by atoms with E-state index in [9.17, 15) is 22.2 Å². The molecule has 2 aromatic carbocycles. The number of benzene rings is 2. The highest BCUT2D eigenvalue weighted by Gasteiger charge is 2.31. The van der Waals surface area contributed by atoms with E-state index in [0.29, 0.717) is 60.0 Å². The number of halogens is 3. The van der Waals surface area contributed by atoms with Crippen LogP contribution in [0, 0.1) is 6.92 Å². The lowest BCUT2D eigenvalue weighted by atomic mass is 10.1. The zero-order valence-corrected chi connectivity index (χ0v) is 19.7. The number of aromatic amines is 1. The Bertz CT molecular complexity index is 1210. The molecule has 1 atom stereocenters. The summed E-state index contributed by atoms with van der Waals surface area (Å²) in [4.78, 5) is 16.8. The van der Waals surface area contributed by atoms with Crippen LogP contribution in [0.1, 0.15) is 11.1 Å². The van der Waals surface area contributed by atoms with Gasteiger partial charge in [-0.25, -0.2) is 4.79 Å². The Hall–Kier alpha value is -3.19. The minimum Gasteiger partial charge on any atom is -0.445 e. The van der Waals surface area contributed by atoms with Gasteiger partial charge in [0.2, 0.25) is 0 Å². The fourth-order valence-electron chi connectivity index (χ4n) is 3.72. The van der Waals surface area contributed by atoms with E-state index in [2.05, 4.69) is 25.0 Å². The molecule has 1 aliphatic heterocycles. The Morgan fingerprint density at radius 2 is 1.83 bits per heavy atom. The molecule has 0 radical (unpaired) electrons. The lowest BCUT2D eigenvalue weighted by Gasteiger charge is -2.33. The second kappa shape index (κ2) is 10.6. The van der Waals surface area contributed by atoms with Gasteiger partial charge in [-0.1, -0.05) is 6.07 Å². The fraction of sp³-hybridized carbons (Fsp3) is 0.409. The van der Waals surface area contributed by atoms with Crippen molar-refractivity contribution < 1.29 is 31.6 Å². The third kappa shape index (κ3) is 6.69. The number of ether oxygens (including phenoxy) is 2. The minimum absolute atomic E-state index is 0.0545. The molecule has 1 fully saturated rings. The van der Waals surface area contributed by atoms with Gasteiger partial charge in [0.25, 0.3) is 0 Å². The maximum absolute atomic E-state index is 12.6. The first-order valence-electron chi connectivity index (χ1n) is 10.9. The molecule has 4 rings (SSSR count). The number of amides is 1. The second-order valence-electron chi connectivity index (χ2n) is 8.05. The number of rotatable bonds is 7. The SMILES string of the molecule is Cc1cc(COC(=O)N2CCN(CCS(=O)c3ccc4n[nH]nc4c3)CC2)ccc1OC(F)(F)F. The van der Waals surface area contributed by atoms with Crippen LogP contribution in [0.4, 0.5) is 18.0 Å². The first kappa shape index (κ1) is 24.9. The van der Waals surface area contributed by atoms with Gasteiger partial charge < -0.3 is 14.4 Å². The van der Waals surface area contributed by atoms with E-state index in [1.807, 2.05) is 0 Å². The maximum atomic E-state index is 12.6. The van der Waals surface area contributed by atoms with Crippen molar-refractivity contribution >= 4 is 27.9 Å². The molecule has 1 amide bonds. The Kier molecular flexibility index (Phi) is 7.55. The summed E-state index contributed by atoms with van der Waals surface area (Å²) >= 11 is 0. The number of aryl methyl sites for hydroxylation is 1. The monoisotopic (exact) mass is 511 g/mol. The predicted octanol–water partition coefficient (Wildman–Crippen LogP) is 3.23. The summed E-state index contributed by atoms with van der Waals surface area (Å²) in [5.74, 6) is 0.171. The number of H-pyrrole nitrogens is 1. The summed E-state index contributed by atoms with van der Waals surface area (Å²) < 4.78 is 59.1. The van der Waals surface area contributed by atoms with Gasteiger partial charge in [-0.3, -0.25) is 9.11 Å². The number of fused-ring (bicyclic) bond motifs is 1. The van der Waals surface area contributed by atoms with Crippen molar-refractivity contribution in [3.8, 4) is 5.75 Å². The molecular weight excluding hydrogens is 487 g/mol. The quantitative estimate of drug-likeness (QED) is 0.520.